The summed E-state index contributed by atoms with van der Waals surface area (Å²) in [5.74, 6) is -0.494. The van der Waals surface area contributed by atoms with Crippen molar-refractivity contribution in [2.45, 2.75) is 19.4 Å². The molecule has 7 N–H and O–H groups in total. The van der Waals surface area contributed by atoms with Crippen molar-refractivity contribution in [2.75, 3.05) is 12.3 Å². The molecule has 1 aliphatic carbocycles. The lowest BCUT2D eigenvalue weighted by molar-refractivity contribution is 0.0112. The van der Waals surface area contributed by atoms with Gasteiger partial charge in [0.05, 0.1) is 12.3 Å². The molecule has 29 heavy (non-hydrogen) atoms. The third-order valence-corrected chi connectivity index (χ3v) is 6.54. The molecule has 2 heterocycles. The normalized spacial score (nSPS) is 25.0. The number of anilines is 1. The van der Waals surface area contributed by atoms with Gasteiger partial charge >= 0.3 is 15.6 Å². The van der Waals surface area contributed by atoms with Gasteiger partial charge in [0.15, 0.2) is 17.0 Å². The monoisotopic (exact) mass is 471 g/mol. The molecule has 0 fully saturated rings. The largest absolute Gasteiger partial charge is 0.508 e. The number of hydrogen-bond acceptors (Lipinski definition) is 10. The van der Waals surface area contributed by atoms with Gasteiger partial charge in [-0.2, -0.15) is 14.3 Å². The fraction of sp³-hybridized carbons (Fsp3) is 0.417. The third kappa shape index (κ3) is 4.45. The Balaban J connectivity index is 1.88. The summed E-state index contributed by atoms with van der Waals surface area (Å²) in [6.07, 6.45) is -0.396. The minimum absolute atomic E-state index is 0.000662. The van der Waals surface area contributed by atoms with E-state index in [4.69, 9.17) is 27.1 Å². The number of hydrogen-bond donors (Lipinski definition) is 6. The second kappa shape index (κ2) is 7.27. The number of halogens is 1. The smallest absolute Gasteiger partial charge is 0.481 e. The molecular weight excluding hydrogens is 456 g/mol. The Bertz CT molecular complexity index is 1100. The van der Waals surface area contributed by atoms with Crippen LogP contribution >= 0.6 is 27.2 Å². The van der Waals surface area contributed by atoms with Gasteiger partial charge in [0, 0.05) is 11.8 Å². The van der Waals surface area contributed by atoms with Crippen molar-refractivity contribution < 1.29 is 42.9 Å². The van der Waals surface area contributed by atoms with Crippen LogP contribution in [-0.4, -0.2) is 57.1 Å². The van der Waals surface area contributed by atoms with Gasteiger partial charge in [0.25, 0.3) is 0 Å². The fourth-order valence-corrected chi connectivity index (χ4v) is 4.77. The molecule has 3 atom stereocenters. The van der Waals surface area contributed by atoms with Crippen molar-refractivity contribution in [1.82, 2.24) is 19.5 Å². The lowest BCUT2D eigenvalue weighted by atomic mass is 9.86. The molecule has 0 bridgehead atoms. The van der Waals surface area contributed by atoms with Gasteiger partial charge in [-0.3, -0.25) is 9.09 Å². The first-order valence-electron chi connectivity index (χ1n) is 7.73. The van der Waals surface area contributed by atoms with Crippen molar-refractivity contribution >= 4 is 49.9 Å². The zero-order chi connectivity index (χ0) is 21.8. The van der Waals surface area contributed by atoms with Crippen LogP contribution in [0.4, 0.5) is 5.82 Å². The minimum Gasteiger partial charge on any atom is -0.508 e. The highest BCUT2D eigenvalue weighted by Gasteiger charge is 2.47. The molecule has 2 aromatic rings. The Morgan fingerprint density at radius 3 is 2.66 bits per heavy atom. The van der Waals surface area contributed by atoms with E-state index < -0.39 is 39.5 Å². The number of imidazole rings is 1. The van der Waals surface area contributed by atoms with Crippen molar-refractivity contribution in [2.24, 2.45) is 5.41 Å². The highest BCUT2D eigenvalue weighted by molar-refractivity contribution is 7.60. The summed E-state index contributed by atoms with van der Waals surface area (Å²) in [4.78, 5) is 38.5. The topological polar surface area (TPSA) is 223 Å². The summed E-state index contributed by atoms with van der Waals surface area (Å²) < 4.78 is 32.1. The van der Waals surface area contributed by atoms with Crippen LogP contribution in [0, 0.1) is 5.41 Å². The molecule has 17 heteroatoms. The van der Waals surface area contributed by atoms with Crippen LogP contribution < -0.4 is 5.73 Å². The van der Waals surface area contributed by atoms with Crippen LogP contribution in [0.25, 0.3) is 16.9 Å². The maximum Gasteiger partial charge on any atom is 0.481 e. The molecule has 0 aliphatic heterocycles. The standard InChI is InChI=1S/C12H16ClN5O9P2/c1-12(3-26-29(24,25)27-28(21,22)23)2-5(7(19)8(12)20)18-4-15-6-9(14)16-11(13)17-10(6)18/h4,8,19-20H,2-3H2,1H3,(H,24,25)(H2,14,16,17)(H2,21,22,23)/t8-,12+/m0/s1. The van der Waals surface area contributed by atoms with Gasteiger partial charge in [-0.05, 0) is 11.6 Å². The first-order chi connectivity index (χ1) is 13.2. The zero-order valence-electron chi connectivity index (χ0n) is 14.6. The lowest BCUT2D eigenvalue weighted by Crippen LogP contribution is -2.33. The summed E-state index contributed by atoms with van der Waals surface area (Å²) in [5.41, 5.74) is 4.85. The van der Waals surface area contributed by atoms with E-state index >= 15 is 0 Å². The highest BCUT2D eigenvalue weighted by atomic mass is 35.5. The quantitative estimate of drug-likeness (QED) is 0.253. The number of nitrogens with zero attached hydrogens (tertiary/aromatic N) is 4. The van der Waals surface area contributed by atoms with Gasteiger partial charge in [-0.1, -0.05) is 6.92 Å². The number of aliphatic hydroxyl groups excluding tert-OH is 2. The van der Waals surface area contributed by atoms with E-state index in [1.54, 1.807) is 0 Å². The van der Waals surface area contributed by atoms with E-state index in [0.29, 0.717) is 0 Å². The van der Waals surface area contributed by atoms with Crippen LogP contribution in [0.5, 0.6) is 0 Å². The summed E-state index contributed by atoms with van der Waals surface area (Å²) in [6, 6.07) is 0. The summed E-state index contributed by atoms with van der Waals surface area (Å²) in [5, 5.41) is 20.7. The lowest BCUT2D eigenvalue weighted by Gasteiger charge is -2.28. The molecule has 1 unspecified atom stereocenters. The van der Waals surface area contributed by atoms with Crippen LogP contribution in [-0.2, 0) is 18.0 Å². The predicted octanol–water partition coefficient (Wildman–Crippen LogP) is 0.786. The van der Waals surface area contributed by atoms with E-state index in [-0.39, 0.29) is 34.4 Å². The predicted molar refractivity (Wildman–Crippen MR) is 98.2 cm³/mol. The van der Waals surface area contributed by atoms with Gasteiger partial charge in [0.2, 0.25) is 5.28 Å². The molecule has 160 valence electrons. The second-order valence-corrected chi connectivity index (χ2v) is 9.71. The number of aromatic nitrogens is 4. The molecule has 14 nitrogen and oxygen atoms in total. The van der Waals surface area contributed by atoms with E-state index in [1.165, 1.54) is 17.8 Å². The molecule has 1 aliphatic rings. The first-order valence-corrected chi connectivity index (χ1v) is 11.1. The Morgan fingerprint density at radius 1 is 1.38 bits per heavy atom. The van der Waals surface area contributed by atoms with E-state index in [2.05, 4.69) is 23.8 Å². The molecule has 0 aromatic carbocycles. The maximum absolute atomic E-state index is 11.7. The van der Waals surface area contributed by atoms with Crippen molar-refractivity contribution in [3.63, 3.8) is 0 Å². The molecule has 2 aromatic heterocycles. The molecule has 0 saturated carbocycles. The molecule has 0 radical (unpaired) electrons. The number of nitrogens with two attached hydrogens (primary N) is 1. The van der Waals surface area contributed by atoms with Crippen LogP contribution in [0.3, 0.4) is 0 Å². The van der Waals surface area contributed by atoms with Crippen molar-refractivity contribution in [1.29, 1.82) is 0 Å². The van der Waals surface area contributed by atoms with E-state index in [1.807, 2.05) is 0 Å². The first kappa shape index (κ1) is 22.1. The van der Waals surface area contributed by atoms with Crippen molar-refractivity contribution in [3.05, 3.63) is 17.4 Å². The molecule has 0 saturated heterocycles. The molecule has 0 amide bonds. The number of nitrogen functional groups attached to an aromatic ring is 1. The Morgan fingerprint density at radius 2 is 2.03 bits per heavy atom. The number of aliphatic hydroxyl groups is 2. The van der Waals surface area contributed by atoms with Gasteiger partial charge in [-0.25, -0.2) is 14.1 Å². The zero-order valence-corrected chi connectivity index (χ0v) is 17.1. The number of allylic oxidation sites excluding steroid dienone is 1. The number of phosphoric acid groups is 2. The van der Waals surface area contributed by atoms with Crippen molar-refractivity contribution in [3.8, 4) is 0 Å². The average Bonchev–Trinajstić information content (AvgIpc) is 3.07. The van der Waals surface area contributed by atoms with Crippen LogP contribution in [0.1, 0.15) is 13.3 Å². The minimum atomic E-state index is -5.30. The Labute approximate surface area is 167 Å². The van der Waals surface area contributed by atoms with E-state index in [9.17, 15) is 24.2 Å². The summed E-state index contributed by atoms with van der Waals surface area (Å²) >= 11 is 5.81. The van der Waals surface area contributed by atoms with Gasteiger partial charge in [0.1, 0.15) is 18.2 Å². The van der Waals surface area contributed by atoms with E-state index in [0.717, 1.165) is 0 Å². The summed E-state index contributed by atoms with van der Waals surface area (Å²) in [6.45, 7) is 0.716. The molecule has 0 spiro atoms. The summed E-state index contributed by atoms with van der Waals surface area (Å²) in [7, 11) is -10.4. The Kier molecular flexibility index (Phi) is 5.54. The average molecular weight is 472 g/mol. The third-order valence-electron chi connectivity index (χ3n) is 4.24. The number of phosphoric ester groups is 1. The number of rotatable bonds is 6. The maximum atomic E-state index is 11.7. The van der Waals surface area contributed by atoms with Crippen LogP contribution in [0.15, 0.2) is 12.1 Å². The van der Waals surface area contributed by atoms with Crippen LogP contribution in [0.2, 0.25) is 5.28 Å². The molecular formula is C12H16ClN5O9P2. The molecule has 3 rings (SSSR count). The highest BCUT2D eigenvalue weighted by Crippen LogP contribution is 2.59. The van der Waals surface area contributed by atoms with Gasteiger partial charge in [-0.15, -0.1) is 0 Å². The number of fused-ring (bicyclic) bond motifs is 1. The fourth-order valence-electron chi connectivity index (χ4n) is 2.87. The van der Waals surface area contributed by atoms with Gasteiger partial charge < -0.3 is 30.6 Å². The second-order valence-electron chi connectivity index (χ2n) is 6.54. The Hall–Kier alpha value is -1.60. The SMILES string of the molecule is C[C@]1(COP(=O)(O)OP(=O)(O)O)CC(n2cnc3c(N)nc(Cl)nc32)=C(O)[C@@H]1O.